The molecule has 1 fully saturated rings. The van der Waals surface area contributed by atoms with Crippen molar-refractivity contribution >= 4 is 39.1 Å². The van der Waals surface area contributed by atoms with Crippen molar-refractivity contribution < 1.29 is 9.59 Å². The van der Waals surface area contributed by atoms with Crippen LogP contribution in [-0.2, 0) is 4.79 Å². The van der Waals surface area contributed by atoms with Crippen LogP contribution in [0.5, 0.6) is 0 Å². The summed E-state index contributed by atoms with van der Waals surface area (Å²) in [6.45, 7) is 2.83. The molecule has 1 aliphatic rings. The van der Waals surface area contributed by atoms with Crippen LogP contribution in [0.15, 0.2) is 61.1 Å². The first-order valence-corrected chi connectivity index (χ1v) is 10.7. The average molecular weight is 430 g/mol. The Morgan fingerprint density at radius 1 is 1.10 bits per heavy atom. The molecule has 31 heavy (non-hydrogen) atoms. The van der Waals surface area contributed by atoms with Gasteiger partial charge in [-0.1, -0.05) is 6.07 Å². The lowest BCUT2D eigenvalue weighted by molar-refractivity contribution is -0.123. The molecule has 1 saturated heterocycles. The Labute approximate surface area is 182 Å². The number of nitrogens with one attached hydrogen (secondary N) is 1. The molecular weight excluding hydrogens is 410 g/mol. The Morgan fingerprint density at radius 2 is 1.90 bits per heavy atom. The van der Waals surface area contributed by atoms with Crippen molar-refractivity contribution in [3.63, 3.8) is 0 Å². The van der Waals surface area contributed by atoms with E-state index in [2.05, 4.69) is 34.3 Å². The number of benzene rings is 2. The van der Waals surface area contributed by atoms with E-state index in [4.69, 9.17) is 4.98 Å². The van der Waals surface area contributed by atoms with Gasteiger partial charge < -0.3 is 10.2 Å². The van der Waals surface area contributed by atoms with Crippen LogP contribution in [0.2, 0.25) is 0 Å². The van der Waals surface area contributed by atoms with Gasteiger partial charge in [0.1, 0.15) is 10.7 Å². The van der Waals surface area contributed by atoms with Gasteiger partial charge in [0.2, 0.25) is 5.91 Å². The van der Waals surface area contributed by atoms with Crippen LogP contribution in [0.4, 0.5) is 5.69 Å². The average Bonchev–Trinajstić information content (AvgIpc) is 3.17. The minimum absolute atomic E-state index is 0.0913. The van der Waals surface area contributed by atoms with Crippen molar-refractivity contribution in [1.29, 1.82) is 0 Å². The van der Waals surface area contributed by atoms with Gasteiger partial charge in [-0.2, -0.15) is 0 Å². The zero-order valence-electron chi connectivity index (χ0n) is 16.8. The number of fused-ring (bicyclic) bond motifs is 1. The highest BCUT2D eigenvalue weighted by Gasteiger charge is 2.36. The van der Waals surface area contributed by atoms with Crippen molar-refractivity contribution in [2.75, 3.05) is 18.4 Å². The van der Waals surface area contributed by atoms with Gasteiger partial charge in [-0.25, -0.2) is 9.97 Å². The number of amides is 2. The Hall–Kier alpha value is -3.65. The number of hydrogen-bond donors (Lipinski definition) is 1. The molecule has 2 aromatic heterocycles. The molecule has 154 valence electrons. The van der Waals surface area contributed by atoms with Gasteiger partial charge in [0.05, 0.1) is 22.3 Å². The van der Waals surface area contributed by atoms with E-state index in [1.807, 2.05) is 30.3 Å². The maximum Gasteiger partial charge on any atom is 0.274 e. The Bertz CT molecular complexity index is 1260. The van der Waals surface area contributed by atoms with Crippen LogP contribution in [0.25, 0.3) is 20.8 Å². The van der Waals surface area contributed by atoms with Gasteiger partial charge in [0.15, 0.2) is 0 Å². The number of rotatable bonds is 4. The van der Waals surface area contributed by atoms with Crippen LogP contribution in [-0.4, -0.2) is 44.8 Å². The minimum atomic E-state index is -0.229. The largest absolute Gasteiger partial charge is 0.336 e. The number of nitrogens with zero attached hydrogens (tertiary/aromatic N) is 4. The normalized spacial score (nSPS) is 13.8. The first-order valence-electron chi connectivity index (χ1n) is 9.90. The molecule has 0 radical (unpaired) electrons. The molecule has 1 N–H and O–H groups in total. The molecule has 3 heterocycles. The van der Waals surface area contributed by atoms with E-state index in [1.165, 1.54) is 24.2 Å². The second-order valence-corrected chi connectivity index (χ2v) is 8.59. The topological polar surface area (TPSA) is 88.1 Å². The molecule has 0 atom stereocenters. The Balaban J connectivity index is 1.20. The van der Waals surface area contributed by atoms with Crippen molar-refractivity contribution in [3.05, 3.63) is 72.3 Å². The monoisotopic (exact) mass is 429 g/mol. The molecule has 0 saturated carbocycles. The first-order chi connectivity index (χ1) is 15.1. The Kier molecular flexibility index (Phi) is 4.91. The van der Waals surface area contributed by atoms with Crippen LogP contribution in [0.1, 0.15) is 16.1 Å². The van der Waals surface area contributed by atoms with Crippen molar-refractivity contribution in [2.24, 2.45) is 5.92 Å². The molecule has 8 heteroatoms. The molecule has 4 aromatic rings. The Morgan fingerprint density at radius 3 is 2.65 bits per heavy atom. The summed E-state index contributed by atoms with van der Waals surface area (Å²) < 4.78 is 1.16. The summed E-state index contributed by atoms with van der Waals surface area (Å²) in [4.78, 5) is 39.0. The molecule has 0 bridgehead atoms. The number of thiazole rings is 1. The molecule has 2 aromatic carbocycles. The van der Waals surface area contributed by atoms with Gasteiger partial charge in [-0.15, -0.1) is 11.3 Å². The van der Waals surface area contributed by atoms with E-state index in [9.17, 15) is 9.59 Å². The van der Waals surface area contributed by atoms with E-state index >= 15 is 0 Å². The maximum atomic E-state index is 12.5. The molecule has 0 unspecified atom stereocenters. The number of aromatic nitrogens is 3. The van der Waals surface area contributed by atoms with Crippen molar-refractivity contribution in [2.45, 2.75) is 6.92 Å². The first kappa shape index (κ1) is 19.3. The zero-order valence-corrected chi connectivity index (χ0v) is 17.6. The third kappa shape index (κ3) is 3.89. The smallest absolute Gasteiger partial charge is 0.274 e. The predicted molar refractivity (Wildman–Crippen MR) is 120 cm³/mol. The van der Waals surface area contributed by atoms with Crippen LogP contribution in [0.3, 0.4) is 0 Å². The van der Waals surface area contributed by atoms with E-state index in [0.29, 0.717) is 18.8 Å². The fourth-order valence-electron chi connectivity index (χ4n) is 3.48. The summed E-state index contributed by atoms with van der Waals surface area (Å²) in [6.07, 6.45) is 4.44. The second-order valence-electron chi connectivity index (χ2n) is 7.55. The second kappa shape index (κ2) is 7.88. The highest BCUT2D eigenvalue weighted by Crippen LogP contribution is 2.31. The summed E-state index contributed by atoms with van der Waals surface area (Å²) in [5, 5.41) is 3.89. The SMILES string of the molecule is Cc1ccc2nc(-c3ccc(NC(=O)C4CN(C(=O)c5cnccn5)C4)cc3)sc2c1. The lowest BCUT2D eigenvalue weighted by Gasteiger charge is -2.37. The van der Waals surface area contributed by atoms with E-state index in [-0.39, 0.29) is 17.7 Å². The highest BCUT2D eigenvalue weighted by atomic mass is 32.1. The quantitative estimate of drug-likeness (QED) is 0.533. The van der Waals surface area contributed by atoms with Gasteiger partial charge in [0.25, 0.3) is 5.91 Å². The fraction of sp³-hybridized carbons (Fsp3) is 0.174. The standard InChI is InChI=1S/C23H19N5O2S/c1-14-2-7-18-20(10-14)31-22(27-18)15-3-5-17(6-4-15)26-21(29)16-12-28(13-16)23(30)19-11-24-8-9-25-19/h2-11,16H,12-13H2,1H3,(H,26,29). The molecule has 2 amide bonds. The number of carbonyl (C=O) groups is 2. The van der Waals surface area contributed by atoms with Gasteiger partial charge in [-0.05, 0) is 48.9 Å². The third-order valence-electron chi connectivity index (χ3n) is 5.27. The number of hydrogen-bond acceptors (Lipinski definition) is 6. The molecule has 0 spiro atoms. The number of likely N-dealkylation sites (tertiary alicyclic amines) is 1. The maximum absolute atomic E-state index is 12.5. The third-order valence-corrected chi connectivity index (χ3v) is 6.33. The summed E-state index contributed by atoms with van der Waals surface area (Å²) in [6, 6.07) is 13.9. The van der Waals surface area contributed by atoms with E-state index in [0.717, 1.165) is 26.5 Å². The molecule has 5 rings (SSSR count). The molecule has 7 nitrogen and oxygen atoms in total. The molecular formula is C23H19N5O2S. The lowest BCUT2D eigenvalue weighted by Crippen LogP contribution is -2.54. The fourth-order valence-corrected chi connectivity index (χ4v) is 4.55. The number of carbonyl (C=O) groups excluding carboxylic acids is 2. The number of anilines is 1. The van der Waals surface area contributed by atoms with E-state index in [1.54, 1.807) is 16.2 Å². The molecule has 0 aliphatic carbocycles. The van der Waals surface area contributed by atoms with Crippen molar-refractivity contribution in [3.8, 4) is 10.6 Å². The van der Waals surface area contributed by atoms with Gasteiger partial charge in [-0.3, -0.25) is 14.6 Å². The predicted octanol–water partition coefficient (Wildman–Crippen LogP) is 3.77. The van der Waals surface area contributed by atoms with Crippen LogP contribution in [0, 0.1) is 12.8 Å². The summed E-state index contributed by atoms with van der Waals surface area (Å²) >= 11 is 1.66. The number of aryl methyl sites for hydroxylation is 1. The van der Waals surface area contributed by atoms with Gasteiger partial charge >= 0.3 is 0 Å². The minimum Gasteiger partial charge on any atom is -0.336 e. The summed E-state index contributed by atoms with van der Waals surface area (Å²) in [5.41, 5.74) is 4.25. The summed E-state index contributed by atoms with van der Waals surface area (Å²) in [7, 11) is 0. The van der Waals surface area contributed by atoms with Gasteiger partial charge in [0, 0.05) is 36.7 Å². The lowest BCUT2D eigenvalue weighted by atomic mass is 9.98. The summed E-state index contributed by atoms with van der Waals surface area (Å²) in [5.74, 6) is -0.522. The van der Waals surface area contributed by atoms with E-state index < -0.39 is 0 Å². The highest BCUT2D eigenvalue weighted by molar-refractivity contribution is 7.21. The van der Waals surface area contributed by atoms with Crippen LogP contribution >= 0.6 is 11.3 Å². The van der Waals surface area contributed by atoms with Crippen LogP contribution < -0.4 is 5.32 Å². The zero-order chi connectivity index (χ0) is 21.4. The van der Waals surface area contributed by atoms with Crippen molar-refractivity contribution in [1.82, 2.24) is 19.9 Å². The molecule has 1 aliphatic heterocycles.